The Morgan fingerprint density at radius 1 is 1.67 bits per heavy atom. The quantitative estimate of drug-likeness (QED) is 0.448. The largest absolute Gasteiger partial charge is 0.281 e. The van der Waals surface area contributed by atoms with Crippen LogP contribution >= 0.6 is 12.0 Å². The summed E-state index contributed by atoms with van der Waals surface area (Å²) in [6.07, 6.45) is 0. The van der Waals surface area contributed by atoms with E-state index < -0.39 is 0 Å². The van der Waals surface area contributed by atoms with Crippen molar-refractivity contribution in [3.05, 3.63) is 0 Å². The fourth-order valence-electron chi connectivity index (χ4n) is 0.343. The molecule has 0 fully saturated rings. The molecule has 0 aromatic carbocycles. The van der Waals surface area contributed by atoms with Crippen molar-refractivity contribution in [2.45, 2.75) is 20.8 Å². The van der Waals surface area contributed by atoms with Gasteiger partial charge in [-0.15, -0.1) is 12.0 Å². The van der Waals surface area contributed by atoms with Crippen LogP contribution in [0, 0.1) is 11.1 Å². The molecule has 0 rings (SSSR count). The van der Waals surface area contributed by atoms with Gasteiger partial charge in [-0.1, -0.05) is 19.0 Å². The summed E-state index contributed by atoms with van der Waals surface area (Å²) in [6.45, 7) is 6.87. The molecule has 0 amide bonds. The molecule has 0 aliphatic heterocycles. The molecular formula is C7H13NS. The molecule has 0 N–H and O–H groups in total. The maximum absolute atomic E-state index is 4.17. The molecule has 0 atom stereocenters. The summed E-state index contributed by atoms with van der Waals surface area (Å²) in [4.78, 5) is 4.17. The fourth-order valence-corrected chi connectivity index (χ4v) is 0.413. The Balaban J connectivity index is 3.73. The lowest BCUT2D eigenvalue weighted by atomic mass is 10.1. The zero-order valence-electron chi connectivity index (χ0n) is 6.18. The second kappa shape index (κ2) is 4.54. The first-order valence-corrected chi connectivity index (χ1v) is 3.51. The van der Waals surface area contributed by atoms with Gasteiger partial charge in [0.1, 0.15) is 6.54 Å². The van der Waals surface area contributed by atoms with E-state index in [0.717, 1.165) is 5.71 Å². The van der Waals surface area contributed by atoms with Crippen molar-refractivity contribution in [1.82, 2.24) is 0 Å². The van der Waals surface area contributed by atoms with Gasteiger partial charge in [0, 0.05) is 5.71 Å². The van der Waals surface area contributed by atoms with Crippen LogP contribution in [0.3, 0.4) is 0 Å². The summed E-state index contributed by atoms with van der Waals surface area (Å²) in [6, 6.07) is 0. The monoisotopic (exact) mass is 143 g/mol. The maximum Gasteiger partial charge on any atom is 0.102 e. The molecule has 0 unspecified atom stereocenters. The highest BCUT2D eigenvalue weighted by Crippen LogP contribution is 1.94. The highest BCUT2D eigenvalue weighted by atomic mass is 32.1. The van der Waals surface area contributed by atoms with Crippen LogP contribution in [0.2, 0.25) is 0 Å². The van der Waals surface area contributed by atoms with Crippen LogP contribution in [0.4, 0.5) is 0 Å². The van der Waals surface area contributed by atoms with Crippen molar-refractivity contribution in [1.29, 1.82) is 0 Å². The number of hydrogen-bond acceptors (Lipinski definition) is 1. The van der Waals surface area contributed by atoms with Crippen LogP contribution in [0.25, 0.3) is 0 Å². The van der Waals surface area contributed by atoms with E-state index in [1.807, 2.05) is 6.92 Å². The van der Waals surface area contributed by atoms with E-state index in [-0.39, 0.29) is 0 Å². The van der Waals surface area contributed by atoms with Crippen molar-refractivity contribution in [2.24, 2.45) is 10.9 Å². The van der Waals surface area contributed by atoms with Gasteiger partial charge in [0.25, 0.3) is 0 Å². The molecule has 0 radical (unpaired) electrons. The van der Waals surface area contributed by atoms with E-state index in [2.05, 4.69) is 36.1 Å². The van der Waals surface area contributed by atoms with Crippen molar-refractivity contribution >= 4 is 17.7 Å². The Hall–Kier alpha value is -0.330. The van der Waals surface area contributed by atoms with Crippen LogP contribution in [0.15, 0.2) is 4.99 Å². The highest BCUT2D eigenvalue weighted by Gasteiger charge is 1.94. The molecule has 0 aromatic heterocycles. The third-order valence-electron chi connectivity index (χ3n) is 1.23. The van der Waals surface area contributed by atoms with E-state index in [1.54, 1.807) is 0 Å². The average Bonchev–Trinajstić information content (AvgIpc) is 1.82. The van der Waals surface area contributed by atoms with Gasteiger partial charge < -0.3 is 0 Å². The van der Waals surface area contributed by atoms with Gasteiger partial charge >= 0.3 is 0 Å². The van der Waals surface area contributed by atoms with E-state index in [1.165, 1.54) is 0 Å². The lowest BCUT2D eigenvalue weighted by Gasteiger charge is -2.00. The van der Waals surface area contributed by atoms with Gasteiger partial charge in [-0.05, 0) is 12.8 Å². The minimum atomic E-state index is 0.548. The number of aliphatic imine (C=N–C) groups is 1. The Kier molecular flexibility index (Phi) is 4.37. The number of hydrogen-bond donors (Lipinski definition) is 1. The van der Waals surface area contributed by atoms with E-state index in [4.69, 9.17) is 0 Å². The topological polar surface area (TPSA) is 12.4 Å². The summed E-state index contributed by atoms with van der Waals surface area (Å²) < 4.78 is 0. The third-order valence-corrected chi connectivity index (χ3v) is 1.38. The SMILES string of the molecule is C/C(=N/CC#[SH])C(C)C. The first-order chi connectivity index (χ1) is 4.18. The molecule has 0 aromatic rings. The minimum Gasteiger partial charge on any atom is -0.281 e. The molecule has 1 nitrogen and oxygen atoms in total. The molecule has 0 aliphatic rings. The summed E-state index contributed by atoms with van der Waals surface area (Å²) in [5, 5.41) is 2.66. The zero-order chi connectivity index (χ0) is 7.28. The normalized spacial score (nSPS) is 11.8. The second-order valence-corrected chi connectivity index (χ2v) is 2.59. The predicted molar refractivity (Wildman–Crippen MR) is 45.7 cm³/mol. The Morgan fingerprint density at radius 3 is 2.56 bits per heavy atom. The van der Waals surface area contributed by atoms with Gasteiger partial charge in [-0.25, -0.2) is 0 Å². The Morgan fingerprint density at radius 2 is 2.22 bits per heavy atom. The smallest absolute Gasteiger partial charge is 0.102 e. The van der Waals surface area contributed by atoms with Crippen LogP contribution in [0.1, 0.15) is 20.8 Å². The van der Waals surface area contributed by atoms with E-state index in [0.29, 0.717) is 12.5 Å². The molecule has 0 aliphatic carbocycles. The van der Waals surface area contributed by atoms with E-state index in [9.17, 15) is 0 Å². The summed E-state index contributed by atoms with van der Waals surface area (Å²) in [5.74, 6) is 0.548. The van der Waals surface area contributed by atoms with E-state index >= 15 is 0 Å². The molecule has 52 valence electrons. The van der Waals surface area contributed by atoms with Crippen LogP contribution in [-0.2, 0) is 0 Å². The first-order valence-electron chi connectivity index (χ1n) is 3.06. The number of nitrogens with zero attached hydrogens (tertiary/aromatic N) is 1. The standard InChI is InChI=1S/C7H13NS/c1-6(2)7(3)8-4-5-9/h6,9H,4H2,1-3H3/b8-7-. The molecular weight excluding hydrogens is 130 g/mol. The van der Waals surface area contributed by atoms with Crippen molar-refractivity contribution < 1.29 is 0 Å². The lowest BCUT2D eigenvalue weighted by Crippen LogP contribution is -2.01. The Bertz CT molecular complexity index is 141. The van der Waals surface area contributed by atoms with Crippen LogP contribution in [-0.4, -0.2) is 12.3 Å². The molecule has 0 saturated heterocycles. The summed E-state index contributed by atoms with van der Waals surface area (Å²) in [5.41, 5.74) is 1.16. The van der Waals surface area contributed by atoms with Gasteiger partial charge in [0.05, 0.1) is 0 Å². The molecule has 0 bridgehead atoms. The summed E-state index contributed by atoms with van der Waals surface area (Å²) in [7, 11) is 0. The molecule has 0 heterocycles. The van der Waals surface area contributed by atoms with Gasteiger partial charge in [0.2, 0.25) is 0 Å². The number of rotatable bonds is 2. The van der Waals surface area contributed by atoms with Crippen molar-refractivity contribution in [3.8, 4) is 5.18 Å². The van der Waals surface area contributed by atoms with Crippen LogP contribution < -0.4 is 0 Å². The van der Waals surface area contributed by atoms with Gasteiger partial charge in [-0.2, -0.15) is 0 Å². The van der Waals surface area contributed by atoms with Crippen molar-refractivity contribution in [3.63, 3.8) is 0 Å². The highest BCUT2D eigenvalue weighted by molar-refractivity contribution is 7.68. The lowest BCUT2D eigenvalue weighted by molar-refractivity contribution is 0.872. The van der Waals surface area contributed by atoms with Gasteiger partial charge in [0.15, 0.2) is 0 Å². The first kappa shape index (κ1) is 8.67. The minimum absolute atomic E-state index is 0.548. The third kappa shape index (κ3) is 4.19. The second-order valence-electron chi connectivity index (χ2n) is 2.27. The molecule has 2 heteroatoms. The Labute approximate surface area is 61.8 Å². The maximum atomic E-state index is 4.17. The summed E-state index contributed by atoms with van der Waals surface area (Å²) >= 11 is 3.81. The average molecular weight is 143 g/mol. The fraction of sp³-hybridized carbons (Fsp3) is 0.714. The molecule has 9 heavy (non-hydrogen) atoms. The van der Waals surface area contributed by atoms with Gasteiger partial charge in [-0.3, -0.25) is 4.99 Å². The zero-order valence-corrected chi connectivity index (χ0v) is 7.07. The molecule has 0 saturated carbocycles. The van der Waals surface area contributed by atoms with Crippen LogP contribution in [0.5, 0.6) is 0 Å². The number of thiol groups is 1. The molecule has 0 spiro atoms. The van der Waals surface area contributed by atoms with Crippen molar-refractivity contribution in [2.75, 3.05) is 6.54 Å². The predicted octanol–water partition coefficient (Wildman–Crippen LogP) is 1.99.